The highest BCUT2D eigenvalue weighted by molar-refractivity contribution is 6.31. The number of pyridine rings is 1. The first kappa shape index (κ1) is 25.8. The maximum absolute atomic E-state index is 13.0. The predicted octanol–water partition coefficient (Wildman–Crippen LogP) is 5.27. The molecule has 1 aromatic heterocycles. The number of nitrogens with one attached hydrogen (secondary N) is 3. The van der Waals surface area contributed by atoms with Crippen LogP contribution < -0.4 is 26.4 Å². The van der Waals surface area contributed by atoms with Crippen molar-refractivity contribution in [2.45, 2.75) is 19.1 Å². The van der Waals surface area contributed by atoms with Crippen LogP contribution in [-0.4, -0.2) is 29.5 Å². The minimum atomic E-state index is -4.65. The maximum atomic E-state index is 13.0. The molecule has 0 aliphatic heterocycles. The van der Waals surface area contributed by atoms with Crippen molar-refractivity contribution >= 4 is 34.9 Å². The zero-order valence-corrected chi connectivity index (χ0v) is 19.1. The lowest BCUT2D eigenvalue weighted by Gasteiger charge is -2.13. The van der Waals surface area contributed by atoms with Crippen LogP contribution in [0.5, 0.6) is 11.5 Å². The number of hydrogen-bond acceptors (Lipinski definition) is 5. The van der Waals surface area contributed by atoms with Crippen LogP contribution in [0.4, 0.5) is 29.3 Å². The number of ether oxygens (including phenoxy) is 1. The molecule has 0 bridgehead atoms. The molecule has 0 aliphatic rings. The van der Waals surface area contributed by atoms with Crippen LogP contribution in [0.3, 0.4) is 0 Å². The van der Waals surface area contributed by atoms with Gasteiger partial charge in [-0.05, 0) is 55.5 Å². The highest BCUT2D eigenvalue weighted by atomic mass is 35.5. The second-order valence-electron chi connectivity index (χ2n) is 7.38. The van der Waals surface area contributed by atoms with Gasteiger partial charge in [-0.3, -0.25) is 9.78 Å². The summed E-state index contributed by atoms with van der Waals surface area (Å²) < 4.78 is 44.7. The van der Waals surface area contributed by atoms with E-state index in [9.17, 15) is 22.8 Å². The number of nitrogens with zero attached hydrogens (tertiary/aromatic N) is 1. The molecule has 0 saturated carbocycles. The molecular formula is C23H21ClF3N5O3. The Morgan fingerprint density at radius 1 is 1.03 bits per heavy atom. The van der Waals surface area contributed by atoms with Gasteiger partial charge in [-0.1, -0.05) is 11.6 Å². The Kier molecular flexibility index (Phi) is 8.15. The van der Waals surface area contributed by atoms with E-state index in [1.165, 1.54) is 30.5 Å². The number of amides is 3. The highest BCUT2D eigenvalue weighted by Gasteiger charge is 2.33. The van der Waals surface area contributed by atoms with E-state index in [4.69, 9.17) is 22.1 Å². The van der Waals surface area contributed by atoms with E-state index < -0.39 is 22.8 Å². The first-order valence-electron chi connectivity index (χ1n) is 10.2. The number of hydrogen-bond donors (Lipinski definition) is 4. The summed E-state index contributed by atoms with van der Waals surface area (Å²) in [6.45, 7) is 2.05. The molecule has 1 heterocycles. The molecule has 0 saturated heterocycles. The van der Waals surface area contributed by atoms with Gasteiger partial charge in [-0.2, -0.15) is 13.2 Å². The lowest BCUT2D eigenvalue weighted by Crippen LogP contribution is -2.38. The van der Waals surface area contributed by atoms with Crippen LogP contribution in [0.1, 0.15) is 23.0 Å². The summed E-state index contributed by atoms with van der Waals surface area (Å²) in [6.07, 6.45) is -3.22. The number of urea groups is 1. The van der Waals surface area contributed by atoms with Gasteiger partial charge in [-0.25, -0.2) is 4.79 Å². The largest absolute Gasteiger partial charge is 0.457 e. The molecule has 1 atom stereocenters. The maximum Gasteiger partial charge on any atom is 0.417 e. The van der Waals surface area contributed by atoms with Crippen LogP contribution >= 0.6 is 11.6 Å². The fourth-order valence-electron chi connectivity index (χ4n) is 2.81. The molecule has 8 nitrogen and oxygen atoms in total. The van der Waals surface area contributed by atoms with Gasteiger partial charge in [0.15, 0.2) is 0 Å². The lowest BCUT2D eigenvalue weighted by atomic mass is 10.2. The Hall–Kier alpha value is -3.83. The molecule has 3 amide bonds. The van der Waals surface area contributed by atoms with Crippen molar-refractivity contribution in [3.05, 3.63) is 77.1 Å². The summed E-state index contributed by atoms with van der Waals surface area (Å²) in [7, 11) is 0. The summed E-state index contributed by atoms with van der Waals surface area (Å²) in [5, 5.41) is 7.07. The third-order valence-electron chi connectivity index (χ3n) is 4.57. The molecule has 0 spiro atoms. The summed E-state index contributed by atoms with van der Waals surface area (Å²) in [6, 6.07) is 11.4. The molecular weight excluding hydrogens is 487 g/mol. The average molecular weight is 508 g/mol. The van der Waals surface area contributed by atoms with Gasteiger partial charge in [0, 0.05) is 36.2 Å². The number of halogens is 4. The van der Waals surface area contributed by atoms with Crippen molar-refractivity contribution < 1.29 is 27.5 Å². The van der Waals surface area contributed by atoms with Crippen molar-refractivity contribution in [3.63, 3.8) is 0 Å². The van der Waals surface area contributed by atoms with Crippen LogP contribution in [0.2, 0.25) is 5.02 Å². The van der Waals surface area contributed by atoms with Gasteiger partial charge < -0.3 is 26.4 Å². The van der Waals surface area contributed by atoms with E-state index in [0.29, 0.717) is 17.2 Å². The van der Waals surface area contributed by atoms with Gasteiger partial charge in [-0.15, -0.1) is 0 Å². The first-order valence-corrected chi connectivity index (χ1v) is 10.6. The van der Waals surface area contributed by atoms with Crippen LogP contribution in [0.15, 0.2) is 60.8 Å². The first-order chi connectivity index (χ1) is 16.5. The fourth-order valence-corrected chi connectivity index (χ4v) is 3.04. The standard InChI is InChI=1S/C23H21ClF3N5O3/c1-13(12-28)30-21(33)20-11-17(8-9-29-20)35-16-5-2-14(3-6-16)31-22(34)32-15-4-7-19(24)18(10-15)23(25,26)27/h2-11,13H,12,28H2,1H3,(H,30,33)(H2,31,32,34). The summed E-state index contributed by atoms with van der Waals surface area (Å²) in [5.41, 5.74) is 4.91. The second kappa shape index (κ2) is 11.1. The summed E-state index contributed by atoms with van der Waals surface area (Å²) >= 11 is 5.58. The van der Waals surface area contributed by atoms with Crippen molar-refractivity contribution in [2.24, 2.45) is 5.73 Å². The Morgan fingerprint density at radius 2 is 1.69 bits per heavy atom. The molecule has 5 N–H and O–H groups in total. The van der Waals surface area contributed by atoms with Crippen LogP contribution in [0, 0.1) is 0 Å². The minimum Gasteiger partial charge on any atom is -0.457 e. The number of nitrogens with two attached hydrogens (primary N) is 1. The van der Waals surface area contributed by atoms with Gasteiger partial charge in [0.1, 0.15) is 17.2 Å². The summed E-state index contributed by atoms with van der Waals surface area (Å²) in [5.74, 6) is 0.394. The fraction of sp³-hybridized carbons (Fsp3) is 0.174. The van der Waals surface area contributed by atoms with E-state index in [1.54, 1.807) is 25.1 Å². The van der Waals surface area contributed by atoms with Crippen LogP contribution in [-0.2, 0) is 6.18 Å². The van der Waals surface area contributed by atoms with Crippen molar-refractivity contribution in [3.8, 4) is 11.5 Å². The molecule has 12 heteroatoms. The number of carbonyl (C=O) groups excluding carboxylic acids is 2. The number of rotatable bonds is 7. The lowest BCUT2D eigenvalue weighted by molar-refractivity contribution is -0.137. The van der Waals surface area contributed by atoms with E-state index in [1.807, 2.05) is 0 Å². The van der Waals surface area contributed by atoms with E-state index in [-0.39, 0.29) is 29.9 Å². The van der Waals surface area contributed by atoms with Crippen LogP contribution in [0.25, 0.3) is 0 Å². The highest BCUT2D eigenvalue weighted by Crippen LogP contribution is 2.36. The van der Waals surface area contributed by atoms with Crippen molar-refractivity contribution in [1.29, 1.82) is 0 Å². The summed E-state index contributed by atoms with van der Waals surface area (Å²) in [4.78, 5) is 28.4. The van der Waals surface area contributed by atoms with Gasteiger partial charge >= 0.3 is 12.2 Å². The number of carbonyl (C=O) groups is 2. The smallest absolute Gasteiger partial charge is 0.417 e. The van der Waals surface area contributed by atoms with Crippen molar-refractivity contribution in [2.75, 3.05) is 17.2 Å². The number of benzene rings is 2. The number of alkyl halides is 3. The molecule has 0 fully saturated rings. The van der Waals surface area contributed by atoms with E-state index in [2.05, 4.69) is 20.9 Å². The third-order valence-corrected chi connectivity index (χ3v) is 4.90. The monoisotopic (exact) mass is 507 g/mol. The number of anilines is 2. The van der Waals surface area contributed by atoms with Crippen molar-refractivity contribution in [1.82, 2.24) is 10.3 Å². The molecule has 3 aromatic rings. The topological polar surface area (TPSA) is 118 Å². The average Bonchev–Trinajstić information content (AvgIpc) is 2.81. The van der Waals surface area contributed by atoms with E-state index >= 15 is 0 Å². The molecule has 0 radical (unpaired) electrons. The Bertz CT molecular complexity index is 1210. The number of aromatic nitrogens is 1. The Labute approximate surface area is 203 Å². The predicted molar refractivity (Wildman–Crippen MR) is 126 cm³/mol. The molecule has 2 aromatic carbocycles. The SMILES string of the molecule is CC(CN)NC(=O)c1cc(Oc2ccc(NC(=O)Nc3ccc(Cl)c(C(F)(F)F)c3)cc2)ccn1. The Morgan fingerprint density at radius 3 is 2.34 bits per heavy atom. The van der Waals surface area contributed by atoms with Gasteiger partial charge in [0.2, 0.25) is 0 Å². The van der Waals surface area contributed by atoms with Gasteiger partial charge in [0.25, 0.3) is 5.91 Å². The molecule has 3 rings (SSSR count). The normalized spacial score (nSPS) is 11.9. The molecule has 0 aliphatic carbocycles. The van der Waals surface area contributed by atoms with E-state index in [0.717, 1.165) is 12.1 Å². The zero-order valence-electron chi connectivity index (χ0n) is 18.3. The quantitative estimate of drug-likeness (QED) is 0.347. The zero-order chi connectivity index (χ0) is 25.6. The molecule has 35 heavy (non-hydrogen) atoms. The third kappa shape index (κ3) is 7.33. The molecule has 1 unspecified atom stereocenters. The Balaban J connectivity index is 1.60. The molecule has 184 valence electrons. The second-order valence-corrected chi connectivity index (χ2v) is 7.79. The minimum absolute atomic E-state index is 0.0717. The van der Waals surface area contributed by atoms with Gasteiger partial charge in [0.05, 0.1) is 10.6 Å².